The monoisotopic (exact) mass is 233 g/mol. The van der Waals surface area contributed by atoms with E-state index in [-0.39, 0.29) is 18.7 Å². The zero-order valence-electron chi connectivity index (χ0n) is 8.86. The molecule has 1 heterocycles. The number of carboxylic acids is 1. The van der Waals surface area contributed by atoms with Crippen molar-refractivity contribution < 1.29 is 18.9 Å². The van der Waals surface area contributed by atoms with Gasteiger partial charge in [0.05, 0.1) is 0 Å². The summed E-state index contributed by atoms with van der Waals surface area (Å²) in [6, 6.07) is 0. The highest BCUT2D eigenvalue weighted by atomic mass is 32.2. The minimum Gasteiger partial charge on any atom is -0.480 e. The SMILES string of the molecule is CC(=O)N1CCC(C(=O)O)(S(C)=O)CC1. The number of carbonyl (C=O) groups is 2. The van der Waals surface area contributed by atoms with E-state index in [1.165, 1.54) is 13.2 Å². The Kier molecular flexibility index (Phi) is 3.49. The number of amides is 1. The molecule has 0 radical (unpaired) electrons. The molecule has 1 atom stereocenters. The van der Waals surface area contributed by atoms with Gasteiger partial charge in [-0.15, -0.1) is 0 Å². The summed E-state index contributed by atoms with van der Waals surface area (Å²) < 4.78 is 10.3. The Morgan fingerprint density at radius 2 is 1.80 bits per heavy atom. The Morgan fingerprint density at radius 3 is 2.07 bits per heavy atom. The molecule has 1 fully saturated rings. The van der Waals surface area contributed by atoms with Crippen LogP contribution in [0.3, 0.4) is 0 Å². The van der Waals surface area contributed by atoms with Crippen LogP contribution in [0.2, 0.25) is 0 Å². The second-order valence-electron chi connectivity index (χ2n) is 3.76. The molecule has 1 unspecified atom stereocenters. The summed E-state index contributed by atoms with van der Waals surface area (Å²) in [7, 11) is -1.41. The van der Waals surface area contributed by atoms with E-state index >= 15 is 0 Å². The lowest BCUT2D eigenvalue weighted by molar-refractivity contribution is -0.143. The predicted octanol–water partition coefficient (Wildman–Crippen LogP) is -0.169. The molecule has 0 aliphatic carbocycles. The van der Waals surface area contributed by atoms with E-state index in [0.717, 1.165) is 0 Å². The fourth-order valence-electron chi connectivity index (χ4n) is 1.81. The summed E-state index contributed by atoms with van der Waals surface area (Å²) in [5, 5.41) is 9.09. The molecule has 1 saturated heterocycles. The largest absolute Gasteiger partial charge is 0.480 e. The summed E-state index contributed by atoms with van der Waals surface area (Å²) in [5.74, 6) is -1.08. The summed E-state index contributed by atoms with van der Waals surface area (Å²) in [6.45, 7) is 2.21. The minimum atomic E-state index is -1.41. The number of rotatable bonds is 2. The summed E-state index contributed by atoms with van der Waals surface area (Å²) in [4.78, 5) is 23.7. The second kappa shape index (κ2) is 4.30. The van der Waals surface area contributed by atoms with Gasteiger partial charge in [-0.2, -0.15) is 0 Å². The molecule has 1 amide bonds. The number of carboxylic acid groups (broad SMARTS) is 1. The van der Waals surface area contributed by atoms with Crippen LogP contribution in [0.1, 0.15) is 19.8 Å². The van der Waals surface area contributed by atoms with Crippen LogP contribution in [0.15, 0.2) is 0 Å². The molecule has 0 aromatic carbocycles. The van der Waals surface area contributed by atoms with Crippen molar-refractivity contribution in [3.8, 4) is 0 Å². The van der Waals surface area contributed by atoms with Crippen LogP contribution >= 0.6 is 0 Å². The van der Waals surface area contributed by atoms with Crippen LogP contribution in [0.25, 0.3) is 0 Å². The fraction of sp³-hybridized carbons (Fsp3) is 0.778. The molecule has 1 aliphatic rings. The van der Waals surface area contributed by atoms with Gasteiger partial charge in [-0.3, -0.25) is 13.8 Å². The highest BCUT2D eigenvalue weighted by Gasteiger charge is 2.45. The second-order valence-corrected chi connectivity index (χ2v) is 5.45. The van der Waals surface area contributed by atoms with E-state index in [9.17, 15) is 13.8 Å². The lowest BCUT2D eigenvalue weighted by Crippen LogP contribution is -2.52. The minimum absolute atomic E-state index is 0.0594. The molecule has 15 heavy (non-hydrogen) atoms. The predicted molar refractivity (Wildman–Crippen MR) is 55.9 cm³/mol. The smallest absolute Gasteiger partial charge is 0.322 e. The van der Waals surface area contributed by atoms with Gasteiger partial charge >= 0.3 is 5.97 Å². The van der Waals surface area contributed by atoms with Gasteiger partial charge in [0.15, 0.2) is 0 Å². The molecule has 1 aliphatic heterocycles. The molecule has 86 valence electrons. The normalized spacial score (nSPS) is 22.1. The van der Waals surface area contributed by atoms with Crippen molar-refractivity contribution in [3.05, 3.63) is 0 Å². The number of hydrogen-bond acceptors (Lipinski definition) is 3. The first kappa shape index (κ1) is 12.2. The van der Waals surface area contributed by atoms with Crippen molar-refractivity contribution in [2.45, 2.75) is 24.5 Å². The number of carbonyl (C=O) groups excluding carboxylic acids is 1. The third kappa shape index (κ3) is 2.19. The zero-order chi connectivity index (χ0) is 11.6. The van der Waals surface area contributed by atoms with Crippen LogP contribution in [-0.4, -0.2) is 50.2 Å². The topological polar surface area (TPSA) is 74.7 Å². The summed E-state index contributed by atoms with van der Waals surface area (Å²) in [6.07, 6.45) is 1.95. The zero-order valence-corrected chi connectivity index (χ0v) is 9.67. The number of piperidine rings is 1. The van der Waals surface area contributed by atoms with Crippen molar-refractivity contribution >= 4 is 22.7 Å². The lowest BCUT2D eigenvalue weighted by Gasteiger charge is -2.36. The third-order valence-corrected chi connectivity index (χ3v) is 4.64. The first-order valence-electron chi connectivity index (χ1n) is 4.72. The molecule has 0 bridgehead atoms. The van der Waals surface area contributed by atoms with Crippen molar-refractivity contribution in [1.82, 2.24) is 4.90 Å². The van der Waals surface area contributed by atoms with Gasteiger partial charge in [-0.1, -0.05) is 0 Å². The lowest BCUT2D eigenvalue weighted by atomic mass is 9.96. The van der Waals surface area contributed by atoms with Crippen LogP contribution in [0, 0.1) is 0 Å². The van der Waals surface area contributed by atoms with Gasteiger partial charge < -0.3 is 10.0 Å². The molecule has 0 spiro atoms. The Morgan fingerprint density at radius 1 is 1.33 bits per heavy atom. The van der Waals surface area contributed by atoms with E-state index in [1.807, 2.05) is 0 Å². The average Bonchev–Trinajstić information content (AvgIpc) is 2.17. The third-order valence-electron chi connectivity index (χ3n) is 2.96. The highest BCUT2D eigenvalue weighted by Crippen LogP contribution is 2.28. The quantitative estimate of drug-likeness (QED) is 0.718. The molecule has 1 rings (SSSR count). The van der Waals surface area contributed by atoms with Crippen LogP contribution in [-0.2, 0) is 20.4 Å². The maximum Gasteiger partial charge on any atom is 0.322 e. The Bertz CT molecular complexity index is 291. The van der Waals surface area contributed by atoms with Crippen molar-refractivity contribution in [1.29, 1.82) is 0 Å². The molecule has 0 aromatic rings. The molecule has 1 N–H and O–H groups in total. The van der Waals surface area contributed by atoms with Gasteiger partial charge in [0, 0.05) is 37.1 Å². The van der Waals surface area contributed by atoms with Gasteiger partial charge in [-0.05, 0) is 12.8 Å². The molecular formula is C9H15NO4S. The molecule has 6 heteroatoms. The van der Waals surface area contributed by atoms with Crippen molar-refractivity contribution in [2.24, 2.45) is 0 Å². The molecule has 0 saturated carbocycles. The van der Waals surface area contributed by atoms with E-state index < -0.39 is 21.5 Å². The maximum atomic E-state index is 11.5. The summed E-state index contributed by atoms with van der Waals surface area (Å²) in [5.41, 5.74) is 0. The number of likely N-dealkylation sites (tertiary alicyclic amines) is 1. The number of aliphatic carboxylic acids is 1. The number of nitrogens with zero attached hydrogens (tertiary/aromatic N) is 1. The maximum absolute atomic E-state index is 11.5. The number of hydrogen-bond donors (Lipinski definition) is 1. The van der Waals surface area contributed by atoms with Gasteiger partial charge in [-0.25, -0.2) is 0 Å². The first-order valence-corrected chi connectivity index (χ1v) is 6.28. The Hall–Kier alpha value is -0.910. The highest BCUT2D eigenvalue weighted by molar-refractivity contribution is 7.86. The summed E-state index contributed by atoms with van der Waals surface area (Å²) >= 11 is 0. The van der Waals surface area contributed by atoms with E-state index in [1.54, 1.807) is 4.90 Å². The molecular weight excluding hydrogens is 218 g/mol. The van der Waals surface area contributed by atoms with E-state index in [0.29, 0.717) is 13.1 Å². The first-order chi connectivity index (χ1) is 6.90. The van der Waals surface area contributed by atoms with Gasteiger partial charge in [0.2, 0.25) is 5.91 Å². The van der Waals surface area contributed by atoms with E-state index in [2.05, 4.69) is 0 Å². The Balaban J connectivity index is 2.79. The van der Waals surface area contributed by atoms with E-state index in [4.69, 9.17) is 5.11 Å². The van der Waals surface area contributed by atoms with Crippen LogP contribution < -0.4 is 0 Å². The fourth-order valence-corrected chi connectivity index (χ4v) is 2.81. The van der Waals surface area contributed by atoms with Crippen LogP contribution in [0.4, 0.5) is 0 Å². The average molecular weight is 233 g/mol. The van der Waals surface area contributed by atoms with Gasteiger partial charge in [0.1, 0.15) is 4.75 Å². The van der Waals surface area contributed by atoms with Crippen molar-refractivity contribution in [2.75, 3.05) is 19.3 Å². The van der Waals surface area contributed by atoms with Gasteiger partial charge in [0.25, 0.3) is 0 Å². The van der Waals surface area contributed by atoms with Crippen molar-refractivity contribution in [3.63, 3.8) is 0 Å². The Labute approximate surface area is 90.9 Å². The van der Waals surface area contributed by atoms with Crippen LogP contribution in [0.5, 0.6) is 0 Å². The standard InChI is InChI=1S/C9H15NO4S/c1-7(11)10-5-3-9(4-6-10,8(12)13)15(2)14/h3-6H2,1-2H3,(H,12,13). The molecule has 5 nitrogen and oxygen atoms in total. The molecule has 0 aromatic heterocycles.